The highest BCUT2D eigenvalue weighted by molar-refractivity contribution is 7.89. The molecule has 0 unspecified atom stereocenters. The summed E-state index contributed by atoms with van der Waals surface area (Å²) in [6.07, 6.45) is -2.64. The zero-order valence-corrected chi connectivity index (χ0v) is 12.9. The lowest BCUT2D eigenvalue weighted by Crippen LogP contribution is -2.50. The molecule has 1 aliphatic carbocycles. The summed E-state index contributed by atoms with van der Waals surface area (Å²) in [7, 11) is -3.87. The van der Waals surface area contributed by atoms with E-state index in [0.29, 0.717) is 18.8 Å². The Labute approximate surface area is 123 Å². The highest BCUT2D eigenvalue weighted by atomic mass is 32.2. The molecule has 1 saturated carbocycles. The quantitative estimate of drug-likeness (QED) is 0.815. The van der Waals surface area contributed by atoms with Crippen LogP contribution in [-0.2, 0) is 10.0 Å². The smallest absolute Gasteiger partial charge is 0.212 e. The van der Waals surface area contributed by atoms with Gasteiger partial charge in [-0.1, -0.05) is 13.3 Å². The number of halogens is 3. The molecule has 1 N–H and O–H groups in total. The van der Waals surface area contributed by atoms with Crippen molar-refractivity contribution < 1.29 is 21.6 Å². The molecule has 0 amide bonds. The average Bonchev–Trinajstić information content (AvgIpc) is 2.37. The van der Waals surface area contributed by atoms with Gasteiger partial charge in [-0.05, 0) is 38.0 Å². The molecule has 0 spiro atoms. The normalized spacial score (nSPS) is 27.3. The van der Waals surface area contributed by atoms with Gasteiger partial charge in [-0.3, -0.25) is 0 Å². The lowest BCUT2D eigenvalue weighted by Gasteiger charge is -2.35. The maximum Gasteiger partial charge on any atom is 0.389 e. The molecule has 0 aromatic carbocycles. The fraction of sp³-hybridized carbons (Fsp3) is 0.923. The largest absolute Gasteiger partial charge is 0.389 e. The van der Waals surface area contributed by atoms with Gasteiger partial charge in [0.25, 0.3) is 0 Å². The van der Waals surface area contributed by atoms with Crippen LogP contribution in [0.1, 0.15) is 51.9 Å². The predicted octanol–water partition coefficient (Wildman–Crippen LogP) is 3.11. The summed E-state index contributed by atoms with van der Waals surface area (Å²) >= 11 is 0. The van der Waals surface area contributed by atoms with Gasteiger partial charge < -0.3 is 0 Å². The van der Waals surface area contributed by atoms with E-state index in [1.807, 2.05) is 13.0 Å². The minimum atomic E-state index is -4.36. The van der Waals surface area contributed by atoms with Crippen molar-refractivity contribution in [3.05, 3.63) is 0 Å². The van der Waals surface area contributed by atoms with E-state index in [4.69, 9.17) is 0 Å². The van der Waals surface area contributed by atoms with E-state index in [1.165, 1.54) is 0 Å². The molecule has 0 radical (unpaired) electrons. The van der Waals surface area contributed by atoms with E-state index in [1.54, 1.807) is 0 Å². The third-order valence-electron chi connectivity index (χ3n) is 3.97. The summed E-state index contributed by atoms with van der Waals surface area (Å²) in [6, 6.07) is 2.01. The molecule has 1 aliphatic rings. The first-order chi connectivity index (χ1) is 9.61. The summed E-state index contributed by atoms with van der Waals surface area (Å²) in [5.41, 5.74) is -1.15. The molecular weight excluding hydrogens is 305 g/mol. The van der Waals surface area contributed by atoms with Crippen LogP contribution in [0.5, 0.6) is 0 Å². The fourth-order valence-corrected chi connectivity index (χ4v) is 4.10. The minimum absolute atomic E-state index is 0.417. The Morgan fingerprint density at radius 3 is 2.33 bits per heavy atom. The third kappa shape index (κ3) is 6.22. The molecule has 21 heavy (non-hydrogen) atoms. The topological polar surface area (TPSA) is 70.0 Å². The number of rotatable bonds is 6. The van der Waals surface area contributed by atoms with Crippen LogP contribution in [0.4, 0.5) is 13.2 Å². The van der Waals surface area contributed by atoms with Gasteiger partial charge in [0.2, 0.25) is 10.0 Å². The molecule has 122 valence electrons. The van der Waals surface area contributed by atoms with Crippen LogP contribution in [0.3, 0.4) is 0 Å². The van der Waals surface area contributed by atoms with E-state index < -0.39 is 40.3 Å². The Balaban J connectivity index is 2.58. The Kier molecular flexibility index (Phi) is 6.05. The molecule has 8 heteroatoms. The fourth-order valence-electron chi connectivity index (χ4n) is 2.63. The zero-order chi connectivity index (χ0) is 16.1. The highest BCUT2D eigenvalue weighted by Gasteiger charge is 2.38. The number of sulfonamides is 1. The van der Waals surface area contributed by atoms with Crippen molar-refractivity contribution in [2.45, 2.75) is 63.6 Å². The van der Waals surface area contributed by atoms with Crippen molar-refractivity contribution in [1.82, 2.24) is 4.72 Å². The second kappa shape index (κ2) is 6.97. The number of nitrogens with one attached hydrogen (secondary N) is 1. The Hall–Kier alpha value is -0.810. The van der Waals surface area contributed by atoms with Crippen LogP contribution in [0, 0.1) is 17.2 Å². The Bertz CT molecular complexity index is 475. The number of hydrogen-bond acceptors (Lipinski definition) is 3. The van der Waals surface area contributed by atoms with Gasteiger partial charge in [-0.25, -0.2) is 8.42 Å². The lowest BCUT2D eigenvalue weighted by atomic mass is 9.77. The summed E-state index contributed by atoms with van der Waals surface area (Å²) in [5, 5.41) is 9.26. The van der Waals surface area contributed by atoms with Crippen molar-refractivity contribution in [3.63, 3.8) is 0 Å². The molecule has 1 fully saturated rings. The summed E-state index contributed by atoms with van der Waals surface area (Å²) < 4.78 is 62.2. The first kappa shape index (κ1) is 18.2. The van der Waals surface area contributed by atoms with Crippen molar-refractivity contribution in [2.75, 3.05) is 5.75 Å². The molecule has 0 aromatic heterocycles. The van der Waals surface area contributed by atoms with Crippen LogP contribution in [0.15, 0.2) is 0 Å². The van der Waals surface area contributed by atoms with Crippen molar-refractivity contribution >= 4 is 10.0 Å². The Morgan fingerprint density at radius 2 is 1.90 bits per heavy atom. The molecular formula is C13H21F3N2O2S. The van der Waals surface area contributed by atoms with Crippen LogP contribution >= 0.6 is 0 Å². The van der Waals surface area contributed by atoms with Gasteiger partial charge in [0.05, 0.1) is 11.8 Å². The zero-order valence-electron chi connectivity index (χ0n) is 12.0. The van der Waals surface area contributed by atoms with Gasteiger partial charge >= 0.3 is 6.18 Å². The van der Waals surface area contributed by atoms with Gasteiger partial charge in [-0.15, -0.1) is 0 Å². The van der Waals surface area contributed by atoms with Gasteiger partial charge in [0, 0.05) is 6.42 Å². The van der Waals surface area contributed by atoms with E-state index in [-0.39, 0.29) is 0 Å². The molecule has 0 aromatic rings. The lowest BCUT2D eigenvalue weighted by molar-refractivity contribution is -0.134. The molecule has 0 saturated heterocycles. The first-order valence-corrected chi connectivity index (χ1v) is 8.76. The molecule has 0 atom stereocenters. The van der Waals surface area contributed by atoms with E-state index >= 15 is 0 Å². The first-order valence-electron chi connectivity index (χ1n) is 7.11. The van der Waals surface area contributed by atoms with Gasteiger partial charge in [-0.2, -0.15) is 23.2 Å². The van der Waals surface area contributed by atoms with Crippen LogP contribution in [-0.4, -0.2) is 25.9 Å². The highest BCUT2D eigenvalue weighted by Crippen LogP contribution is 2.34. The SMILES string of the molecule is CCC1CCC(C#N)(NS(=O)(=O)CCCC(F)(F)F)CC1. The maximum atomic E-state index is 12.0. The minimum Gasteiger partial charge on any atom is -0.212 e. The van der Waals surface area contributed by atoms with Gasteiger partial charge in [0.1, 0.15) is 5.54 Å². The molecule has 0 heterocycles. The van der Waals surface area contributed by atoms with Crippen molar-refractivity contribution in [3.8, 4) is 6.07 Å². The number of nitrogens with zero attached hydrogens (tertiary/aromatic N) is 1. The second-order valence-electron chi connectivity index (χ2n) is 5.69. The van der Waals surface area contributed by atoms with E-state index in [0.717, 1.165) is 19.3 Å². The second-order valence-corrected chi connectivity index (χ2v) is 7.53. The summed E-state index contributed by atoms with van der Waals surface area (Å²) in [4.78, 5) is 0. The van der Waals surface area contributed by atoms with Crippen molar-refractivity contribution in [1.29, 1.82) is 5.26 Å². The van der Waals surface area contributed by atoms with Crippen LogP contribution < -0.4 is 4.72 Å². The molecule has 0 bridgehead atoms. The summed E-state index contributed by atoms with van der Waals surface area (Å²) in [5.74, 6) is -0.117. The van der Waals surface area contributed by atoms with Crippen molar-refractivity contribution in [2.24, 2.45) is 5.92 Å². The van der Waals surface area contributed by atoms with Gasteiger partial charge in [0.15, 0.2) is 0 Å². The average molecular weight is 326 g/mol. The number of alkyl halides is 3. The molecule has 1 rings (SSSR count). The monoisotopic (exact) mass is 326 g/mol. The molecule has 4 nitrogen and oxygen atoms in total. The standard InChI is InChI=1S/C13H21F3N2O2S/c1-2-11-4-7-12(10-17,8-5-11)18-21(19,20)9-3-6-13(14,15)16/h11,18H,2-9H2,1H3. The number of hydrogen-bond donors (Lipinski definition) is 1. The molecule has 0 aliphatic heterocycles. The van der Waals surface area contributed by atoms with E-state index in [2.05, 4.69) is 4.72 Å². The van der Waals surface area contributed by atoms with E-state index in [9.17, 15) is 26.9 Å². The maximum absolute atomic E-state index is 12.0. The predicted molar refractivity (Wildman–Crippen MR) is 72.8 cm³/mol. The van der Waals surface area contributed by atoms with Crippen LogP contribution in [0.25, 0.3) is 0 Å². The number of nitriles is 1. The Morgan fingerprint density at radius 1 is 1.33 bits per heavy atom. The van der Waals surface area contributed by atoms with Crippen LogP contribution in [0.2, 0.25) is 0 Å². The summed E-state index contributed by atoms with van der Waals surface area (Å²) in [6.45, 7) is 2.05. The third-order valence-corrected chi connectivity index (χ3v) is 5.50.